The summed E-state index contributed by atoms with van der Waals surface area (Å²) in [5.74, 6) is -5.24. The molecule has 9 atom stereocenters. The quantitative estimate of drug-likeness (QED) is 0.526. The summed E-state index contributed by atoms with van der Waals surface area (Å²) in [5.41, 5.74) is 0. The number of carbonyl (C=O) groups is 4. The van der Waals surface area contributed by atoms with E-state index in [9.17, 15) is 29.4 Å². The Labute approximate surface area is 169 Å². The van der Waals surface area contributed by atoms with Crippen LogP contribution >= 0.6 is 0 Å². The predicted molar refractivity (Wildman–Crippen MR) is 96.3 cm³/mol. The molecule has 4 saturated carbocycles. The zero-order valence-electron chi connectivity index (χ0n) is 16.6. The summed E-state index contributed by atoms with van der Waals surface area (Å²) in [7, 11) is 0. The summed E-state index contributed by atoms with van der Waals surface area (Å²) < 4.78 is 0. The van der Waals surface area contributed by atoms with E-state index < -0.39 is 35.6 Å². The highest BCUT2D eigenvalue weighted by atomic mass is 16.4. The maximum absolute atomic E-state index is 12.7. The number of hydrogen-bond donors (Lipinski definition) is 2. The van der Waals surface area contributed by atoms with Crippen LogP contribution in [0.4, 0.5) is 0 Å². The number of nitrogens with one attached hydrogen (secondary N) is 2. The third kappa shape index (κ3) is 3.51. The van der Waals surface area contributed by atoms with Crippen molar-refractivity contribution in [2.75, 3.05) is 6.54 Å². The highest BCUT2D eigenvalue weighted by Crippen LogP contribution is 2.53. The number of fused-ring (bicyclic) bond motifs is 4. The third-order valence-corrected chi connectivity index (χ3v) is 7.95. The first kappa shape index (κ1) is 20.2. The highest BCUT2D eigenvalue weighted by molar-refractivity contribution is 5.87. The molecule has 4 aliphatic rings. The van der Waals surface area contributed by atoms with E-state index in [-0.39, 0.29) is 48.1 Å². The smallest absolute Gasteiger partial charge is 0.224 e. The zero-order chi connectivity index (χ0) is 20.9. The van der Waals surface area contributed by atoms with Crippen LogP contribution in [0.3, 0.4) is 0 Å². The summed E-state index contributed by atoms with van der Waals surface area (Å²) in [6, 6.07) is -0.382. The van der Waals surface area contributed by atoms with Crippen molar-refractivity contribution in [2.24, 2.45) is 47.3 Å². The van der Waals surface area contributed by atoms with Gasteiger partial charge in [-0.25, -0.2) is 0 Å². The van der Waals surface area contributed by atoms with Crippen molar-refractivity contribution in [3.05, 3.63) is 0 Å². The van der Waals surface area contributed by atoms with Crippen LogP contribution in [0.1, 0.15) is 45.4 Å². The molecule has 0 aliphatic heterocycles. The second-order valence-corrected chi connectivity index (χ2v) is 9.56. The zero-order valence-corrected chi connectivity index (χ0v) is 16.6. The monoisotopic (exact) mass is 404 g/mol. The second kappa shape index (κ2) is 7.61. The fourth-order valence-electron chi connectivity index (χ4n) is 6.78. The summed E-state index contributed by atoms with van der Waals surface area (Å²) in [4.78, 5) is 48.3. The molecule has 4 aliphatic carbocycles. The van der Waals surface area contributed by atoms with Crippen molar-refractivity contribution < 1.29 is 29.4 Å². The lowest BCUT2D eigenvalue weighted by Crippen LogP contribution is -2.51. The van der Waals surface area contributed by atoms with Gasteiger partial charge in [0.25, 0.3) is 0 Å². The molecule has 4 bridgehead atoms. The molecule has 0 heterocycles. The van der Waals surface area contributed by atoms with E-state index >= 15 is 0 Å². The average Bonchev–Trinajstić information content (AvgIpc) is 3.44. The van der Waals surface area contributed by atoms with Crippen LogP contribution in [0, 0.1) is 47.3 Å². The first-order valence-electron chi connectivity index (χ1n) is 10.8. The molecule has 0 aromatic heterocycles. The van der Waals surface area contributed by atoms with E-state index in [2.05, 4.69) is 10.6 Å². The third-order valence-electron chi connectivity index (χ3n) is 7.95. The van der Waals surface area contributed by atoms with Crippen LogP contribution in [0.5, 0.6) is 0 Å². The number of amides is 2. The normalized spacial score (nSPS) is 40.6. The average molecular weight is 404 g/mol. The maximum Gasteiger partial charge on any atom is 0.224 e. The Balaban J connectivity index is 1.30. The molecule has 0 saturated heterocycles. The number of rotatable bonds is 7. The second-order valence-electron chi connectivity index (χ2n) is 9.56. The van der Waals surface area contributed by atoms with E-state index in [0.717, 1.165) is 38.5 Å². The van der Waals surface area contributed by atoms with Gasteiger partial charge in [-0.1, -0.05) is 0 Å². The Kier molecular flexibility index (Phi) is 5.29. The summed E-state index contributed by atoms with van der Waals surface area (Å²) in [6.07, 6.45) is 4.93. The van der Waals surface area contributed by atoms with Crippen LogP contribution in [-0.2, 0) is 19.2 Å². The molecule has 29 heavy (non-hydrogen) atoms. The molecule has 0 radical (unpaired) electrons. The minimum atomic E-state index is -1.15. The Morgan fingerprint density at radius 3 is 1.62 bits per heavy atom. The minimum Gasteiger partial charge on any atom is -0.550 e. The number of carboxylic acid groups (broad SMARTS) is 2. The van der Waals surface area contributed by atoms with E-state index in [1.807, 2.05) is 0 Å². The number of carbonyl (C=O) groups excluding carboxylic acids is 4. The Bertz CT molecular complexity index is 724. The van der Waals surface area contributed by atoms with Crippen molar-refractivity contribution in [1.82, 2.24) is 10.6 Å². The summed E-state index contributed by atoms with van der Waals surface area (Å²) >= 11 is 0. The van der Waals surface area contributed by atoms with Crippen LogP contribution in [0.25, 0.3) is 0 Å². The van der Waals surface area contributed by atoms with Gasteiger partial charge >= 0.3 is 0 Å². The fourth-order valence-corrected chi connectivity index (χ4v) is 6.78. The first-order valence-corrected chi connectivity index (χ1v) is 10.8. The van der Waals surface area contributed by atoms with Crippen LogP contribution in [-0.4, -0.2) is 36.3 Å². The number of hydrogen-bond acceptors (Lipinski definition) is 6. The lowest BCUT2D eigenvalue weighted by atomic mass is 9.78. The molecular weight excluding hydrogens is 376 g/mol. The lowest BCUT2D eigenvalue weighted by molar-refractivity contribution is -0.315. The molecule has 160 valence electrons. The Morgan fingerprint density at radius 1 is 0.759 bits per heavy atom. The molecular formula is C21H28N2O6-2. The van der Waals surface area contributed by atoms with E-state index in [1.165, 1.54) is 0 Å². The van der Waals surface area contributed by atoms with Crippen molar-refractivity contribution in [1.29, 1.82) is 0 Å². The van der Waals surface area contributed by atoms with E-state index in [0.29, 0.717) is 0 Å². The predicted octanol–water partition coefficient (Wildman–Crippen LogP) is -1.57. The van der Waals surface area contributed by atoms with Gasteiger partial charge in [-0.2, -0.15) is 0 Å². The van der Waals surface area contributed by atoms with Gasteiger partial charge < -0.3 is 30.4 Å². The van der Waals surface area contributed by atoms with Gasteiger partial charge in [0.15, 0.2) is 0 Å². The molecule has 0 aromatic rings. The summed E-state index contributed by atoms with van der Waals surface area (Å²) in [6.45, 7) is 1.92. The molecule has 2 amide bonds. The van der Waals surface area contributed by atoms with E-state index in [1.54, 1.807) is 6.92 Å². The largest absolute Gasteiger partial charge is 0.550 e. The van der Waals surface area contributed by atoms with Gasteiger partial charge in [-0.05, 0) is 69.1 Å². The molecule has 8 nitrogen and oxygen atoms in total. The van der Waals surface area contributed by atoms with Gasteiger partial charge in [0, 0.05) is 48.2 Å². The van der Waals surface area contributed by atoms with Crippen LogP contribution in [0.15, 0.2) is 0 Å². The number of aliphatic carboxylic acids is 2. The number of carboxylic acids is 2. The molecule has 4 fully saturated rings. The minimum absolute atomic E-state index is 0.0232. The molecule has 8 heteroatoms. The Morgan fingerprint density at radius 2 is 1.17 bits per heavy atom. The maximum atomic E-state index is 12.7. The van der Waals surface area contributed by atoms with Gasteiger partial charge in [-0.3, -0.25) is 9.59 Å². The van der Waals surface area contributed by atoms with Crippen molar-refractivity contribution in [3.63, 3.8) is 0 Å². The highest BCUT2D eigenvalue weighted by Gasteiger charge is 2.52. The summed E-state index contributed by atoms with van der Waals surface area (Å²) in [5, 5.41) is 28.6. The molecule has 4 rings (SSSR count). The standard InChI is InChI=1S/C21H30N2O6/c1-9(23-19(25)15-11-3-5-13(7-11)17(15)21(28)29)8-22-18(24)14-10-2-4-12(6-10)16(14)20(26)27/h9-17H,2-8H2,1H3,(H,22,24)(H,23,25)(H,26,27)(H,28,29)/p-2/t9-,10+,11+,12-,13-,14+,15+,16-,17-/m0/s1. The molecule has 0 spiro atoms. The van der Waals surface area contributed by atoms with Gasteiger partial charge in [0.2, 0.25) is 11.8 Å². The van der Waals surface area contributed by atoms with Gasteiger partial charge in [0.1, 0.15) is 0 Å². The molecule has 2 N–H and O–H groups in total. The van der Waals surface area contributed by atoms with Gasteiger partial charge in [0.05, 0.1) is 0 Å². The topological polar surface area (TPSA) is 138 Å². The SMILES string of the molecule is C[C@@H](CNC(=O)[C@@H]1[C@@H]2CC[C@@H](C2)[C@@H]1C(=O)[O-])NC(=O)[C@@H]1[C@@H]2CC[C@@H](C2)[C@@H]1C(=O)[O-]. The molecule has 0 unspecified atom stereocenters. The fraction of sp³-hybridized carbons (Fsp3) is 0.810. The Hall–Kier alpha value is -2.12. The van der Waals surface area contributed by atoms with Gasteiger partial charge in [-0.15, -0.1) is 0 Å². The van der Waals surface area contributed by atoms with Crippen molar-refractivity contribution in [3.8, 4) is 0 Å². The molecule has 0 aromatic carbocycles. The van der Waals surface area contributed by atoms with E-state index in [4.69, 9.17) is 0 Å². The van der Waals surface area contributed by atoms with Crippen molar-refractivity contribution >= 4 is 23.8 Å². The lowest BCUT2D eigenvalue weighted by Gasteiger charge is -2.32. The van der Waals surface area contributed by atoms with Crippen molar-refractivity contribution in [2.45, 2.75) is 51.5 Å². The first-order chi connectivity index (χ1) is 13.8. The van der Waals surface area contributed by atoms with Crippen LogP contribution in [0.2, 0.25) is 0 Å². The van der Waals surface area contributed by atoms with Crippen LogP contribution < -0.4 is 20.8 Å².